The highest BCUT2D eigenvalue weighted by atomic mass is 19.4. The summed E-state index contributed by atoms with van der Waals surface area (Å²) in [6, 6.07) is 7.88. The summed E-state index contributed by atoms with van der Waals surface area (Å²) in [4.78, 5) is 35.3. The number of carboxylic acid groups (broad SMARTS) is 1. The number of nitrogens with one attached hydrogen (secondary N) is 2. The molecule has 1 unspecified atom stereocenters. The monoisotopic (exact) mass is 540 g/mol. The number of amides is 1. The van der Waals surface area contributed by atoms with Crippen molar-refractivity contribution in [1.29, 1.82) is 0 Å². The van der Waals surface area contributed by atoms with E-state index in [0.717, 1.165) is 18.3 Å². The molecule has 1 amide bonds. The maximum atomic E-state index is 13.0. The molecule has 204 valence electrons. The number of amidine groups is 1. The summed E-state index contributed by atoms with van der Waals surface area (Å²) in [5, 5.41) is 15.2. The summed E-state index contributed by atoms with van der Waals surface area (Å²) in [5.74, 6) is -1.04. The minimum atomic E-state index is -4.56. The molecule has 1 saturated carbocycles. The second-order valence-electron chi connectivity index (χ2n) is 10.6. The largest absolute Gasteiger partial charge is 0.481 e. The van der Waals surface area contributed by atoms with E-state index in [4.69, 9.17) is 10.7 Å². The number of carboxylic acids is 1. The molecular weight excluding hydrogens is 513 g/mol. The van der Waals surface area contributed by atoms with Crippen LogP contribution < -0.4 is 16.4 Å². The number of halogens is 3. The topological polar surface area (TPSA) is 133 Å². The third-order valence-corrected chi connectivity index (χ3v) is 7.68. The molecular formula is C27H27F3N6O3. The average Bonchev–Trinajstić information content (AvgIpc) is 3.40. The van der Waals surface area contributed by atoms with Gasteiger partial charge in [-0.1, -0.05) is 19.1 Å². The molecule has 5 rings (SSSR count). The number of anilines is 1. The lowest BCUT2D eigenvalue weighted by atomic mass is 9.80. The van der Waals surface area contributed by atoms with Crippen LogP contribution >= 0.6 is 0 Å². The molecule has 1 aliphatic carbocycles. The van der Waals surface area contributed by atoms with Crippen molar-refractivity contribution in [2.45, 2.75) is 44.9 Å². The first-order chi connectivity index (χ1) is 18.3. The maximum absolute atomic E-state index is 13.0. The number of aliphatic imine (C=N–C) groups is 1. The number of hydrogen-bond donors (Lipinski definition) is 4. The lowest BCUT2D eigenvalue weighted by molar-refractivity contribution is -0.147. The number of benzene rings is 1. The van der Waals surface area contributed by atoms with E-state index in [1.807, 2.05) is 11.8 Å². The number of rotatable bonds is 5. The summed E-state index contributed by atoms with van der Waals surface area (Å²) in [6.07, 6.45) is 3.21. The Bertz CT molecular complexity index is 1440. The molecule has 12 heteroatoms. The second kappa shape index (κ2) is 8.94. The molecule has 5 N–H and O–H groups in total. The Hall–Kier alpha value is -4.19. The van der Waals surface area contributed by atoms with E-state index >= 15 is 0 Å². The first-order valence-corrected chi connectivity index (χ1v) is 12.3. The van der Waals surface area contributed by atoms with Crippen LogP contribution in [-0.4, -0.2) is 32.7 Å². The van der Waals surface area contributed by atoms with Crippen molar-refractivity contribution in [3.05, 3.63) is 83.6 Å². The number of fused-ring (bicyclic) bond motifs is 1. The third-order valence-electron chi connectivity index (χ3n) is 7.68. The van der Waals surface area contributed by atoms with Gasteiger partial charge in [-0.15, -0.1) is 0 Å². The van der Waals surface area contributed by atoms with Crippen molar-refractivity contribution in [3.8, 4) is 0 Å². The zero-order valence-corrected chi connectivity index (χ0v) is 21.2. The molecule has 0 spiro atoms. The van der Waals surface area contributed by atoms with Gasteiger partial charge in [0.05, 0.1) is 16.7 Å². The quantitative estimate of drug-likeness (QED) is 0.443. The molecule has 1 aromatic carbocycles. The van der Waals surface area contributed by atoms with Crippen molar-refractivity contribution in [3.63, 3.8) is 0 Å². The summed E-state index contributed by atoms with van der Waals surface area (Å²) < 4.78 is 39.0. The van der Waals surface area contributed by atoms with E-state index in [2.05, 4.69) is 15.6 Å². The fourth-order valence-corrected chi connectivity index (χ4v) is 5.49. The van der Waals surface area contributed by atoms with Crippen LogP contribution in [0.4, 0.5) is 19.0 Å². The molecule has 0 radical (unpaired) electrons. The number of nitrogens with two attached hydrogens (primary N) is 1. The van der Waals surface area contributed by atoms with Gasteiger partial charge in [-0.2, -0.15) is 13.2 Å². The Labute approximate surface area is 222 Å². The minimum absolute atomic E-state index is 0.191. The fourth-order valence-electron chi connectivity index (χ4n) is 5.49. The van der Waals surface area contributed by atoms with E-state index in [0.29, 0.717) is 36.4 Å². The molecule has 1 fully saturated rings. The minimum Gasteiger partial charge on any atom is -0.481 e. The zero-order valence-electron chi connectivity index (χ0n) is 21.2. The highest BCUT2D eigenvalue weighted by molar-refractivity contribution is 6.04. The van der Waals surface area contributed by atoms with E-state index in [1.165, 1.54) is 12.1 Å². The van der Waals surface area contributed by atoms with Gasteiger partial charge in [0, 0.05) is 41.3 Å². The number of aromatic nitrogens is 1. The number of carbonyl (C=O) groups excluding carboxylic acids is 1. The van der Waals surface area contributed by atoms with Crippen molar-refractivity contribution in [2.24, 2.45) is 21.6 Å². The van der Waals surface area contributed by atoms with Crippen LogP contribution in [0.5, 0.6) is 0 Å². The average molecular weight is 541 g/mol. The van der Waals surface area contributed by atoms with Crippen LogP contribution in [0.1, 0.15) is 54.6 Å². The summed E-state index contributed by atoms with van der Waals surface area (Å²) in [7, 11) is 0. The lowest BCUT2D eigenvalue weighted by Gasteiger charge is -2.33. The zero-order chi connectivity index (χ0) is 28.2. The molecule has 0 bridgehead atoms. The van der Waals surface area contributed by atoms with Crippen molar-refractivity contribution in [1.82, 2.24) is 15.2 Å². The first-order valence-electron chi connectivity index (χ1n) is 12.3. The fraction of sp³-hybridized carbons (Fsp3) is 0.333. The van der Waals surface area contributed by atoms with Gasteiger partial charge in [-0.3, -0.25) is 15.3 Å². The number of pyridine rings is 1. The first kappa shape index (κ1) is 26.4. The third kappa shape index (κ3) is 4.54. The van der Waals surface area contributed by atoms with Gasteiger partial charge in [0.15, 0.2) is 5.66 Å². The van der Waals surface area contributed by atoms with Crippen LogP contribution in [0.2, 0.25) is 0 Å². The van der Waals surface area contributed by atoms with Crippen molar-refractivity contribution < 1.29 is 27.9 Å². The van der Waals surface area contributed by atoms with Gasteiger partial charge >= 0.3 is 12.1 Å². The summed E-state index contributed by atoms with van der Waals surface area (Å²) in [6.45, 7) is 3.74. The number of carbonyl (C=O) groups is 2. The Morgan fingerprint density at radius 3 is 2.51 bits per heavy atom. The number of hydrogen-bond acceptors (Lipinski definition) is 7. The SMILES string of the molecule is C[C@]1(C(=O)O)CC[C@](C)(C2=NC(N)(c3ccc(C(=O)Nc4cc(C(F)(F)F)ccn4)cc3)C3=CNC=CN32)C1. The van der Waals surface area contributed by atoms with E-state index in [1.54, 1.807) is 37.7 Å². The van der Waals surface area contributed by atoms with E-state index in [-0.39, 0.29) is 11.4 Å². The molecule has 1 aromatic heterocycles. The Balaban J connectivity index is 1.42. The summed E-state index contributed by atoms with van der Waals surface area (Å²) in [5.41, 5.74) is 4.63. The van der Waals surface area contributed by atoms with Gasteiger partial charge in [-0.05, 0) is 50.5 Å². The van der Waals surface area contributed by atoms with Gasteiger partial charge in [0.2, 0.25) is 0 Å². The molecule has 3 atom stereocenters. The molecule has 2 aliphatic heterocycles. The molecule has 9 nitrogen and oxygen atoms in total. The van der Waals surface area contributed by atoms with Crippen molar-refractivity contribution in [2.75, 3.05) is 5.32 Å². The number of aliphatic carboxylic acids is 1. The van der Waals surface area contributed by atoms with Crippen LogP contribution in [0.3, 0.4) is 0 Å². The van der Waals surface area contributed by atoms with E-state index < -0.39 is 40.1 Å². The van der Waals surface area contributed by atoms with Gasteiger partial charge in [0.1, 0.15) is 11.7 Å². The second-order valence-corrected chi connectivity index (χ2v) is 10.6. The Morgan fingerprint density at radius 1 is 1.15 bits per heavy atom. The highest BCUT2D eigenvalue weighted by Crippen LogP contribution is 2.54. The predicted molar refractivity (Wildman–Crippen MR) is 137 cm³/mol. The smallest absolute Gasteiger partial charge is 0.416 e. The number of nitrogens with zero attached hydrogens (tertiary/aromatic N) is 3. The number of alkyl halides is 3. The van der Waals surface area contributed by atoms with Gasteiger partial charge in [0.25, 0.3) is 5.91 Å². The van der Waals surface area contributed by atoms with Crippen LogP contribution in [-0.2, 0) is 16.6 Å². The van der Waals surface area contributed by atoms with Gasteiger partial charge < -0.3 is 20.6 Å². The predicted octanol–water partition coefficient (Wildman–Crippen LogP) is 4.38. The Morgan fingerprint density at radius 2 is 1.87 bits per heavy atom. The maximum Gasteiger partial charge on any atom is 0.416 e. The molecule has 0 saturated heterocycles. The van der Waals surface area contributed by atoms with E-state index in [9.17, 15) is 27.9 Å². The van der Waals surface area contributed by atoms with Crippen molar-refractivity contribution >= 4 is 23.5 Å². The molecule has 3 heterocycles. The molecule has 3 aliphatic rings. The molecule has 39 heavy (non-hydrogen) atoms. The normalized spacial score (nSPS) is 27.9. The molecule has 2 aromatic rings. The van der Waals surface area contributed by atoms with Gasteiger partial charge in [-0.25, -0.2) is 9.98 Å². The highest BCUT2D eigenvalue weighted by Gasteiger charge is 2.55. The standard InChI is InChI=1S/C27H27F3N6O3/c1-24(8-9-25(2,15-24)23(38)39)22-35-26(31,19-14-32-11-12-36(19)22)17-5-3-16(4-6-17)21(37)34-20-13-18(7-10-33-20)27(28,29)30/h3-7,10-14,32H,8-9,15,31H2,1-2H3,(H,38,39)(H,33,34,37)/t24-,25-,26?/m0/s1. The Kier molecular flexibility index (Phi) is 6.06. The van der Waals surface area contributed by atoms with Crippen LogP contribution in [0, 0.1) is 10.8 Å². The van der Waals surface area contributed by atoms with Crippen LogP contribution in [0.25, 0.3) is 0 Å². The summed E-state index contributed by atoms with van der Waals surface area (Å²) >= 11 is 0. The lowest BCUT2D eigenvalue weighted by Crippen LogP contribution is -2.41. The van der Waals surface area contributed by atoms with Crippen LogP contribution in [0.15, 0.2) is 71.9 Å².